The summed E-state index contributed by atoms with van der Waals surface area (Å²) >= 11 is 0. The van der Waals surface area contributed by atoms with E-state index in [0.29, 0.717) is 12.5 Å². The Hall–Kier alpha value is -1.77. The number of carbonyl (C=O) groups is 1. The maximum atomic E-state index is 12.4. The normalized spacial score (nSPS) is 15.7. The van der Waals surface area contributed by atoms with E-state index < -0.39 is 0 Å². The fraction of sp³-hybridized carbons (Fsp3) is 0.609. The Morgan fingerprint density at radius 3 is 2.50 bits per heavy atom. The van der Waals surface area contributed by atoms with Gasteiger partial charge in [0, 0.05) is 6.20 Å². The summed E-state index contributed by atoms with van der Waals surface area (Å²) in [6.45, 7) is 2.81. The summed E-state index contributed by atoms with van der Waals surface area (Å²) in [7, 11) is 1.47. The van der Waals surface area contributed by atoms with E-state index in [1.54, 1.807) is 4.90 Å². The van der Waals surface area contributed by atoms with E-state index in [-0.39, 0.29) is 6.09 Å². The van der Waals surface area contributed by atoms with Crippen LogP contribution < -0.4 is 0 Å². The molecule has 1 aromatic rings. The summed E-state index contributed by atoms with van der Waals surface area (Å²) in [4.78, 5) is 14.1. The van der Waals surface area contributed by atoms with Crippen LogP contribution in [0.15, 0.2) is 42.1 Å². The van der Waals surface area contributed by atoms with Crippen molar-refractivity contribution in [2.45, 2.75) is 77.7 Å². The molecule has 0 spiro atoms. The van der Waals surface area contributed by atoms with E-state index in [9.17, 15) is 4.79 Å². The third-order valence-corrected chi connectivity index (χ3v) is 5.38. The SMILES string of the molecule is CCCCCC/C(=C\N(Cc1ccccc1)C(=O)OC)C1CCCCC1. The van der Waals surface area contributed by atoms with Crippen LogP contribution in [-0.2, 0) is 11.3 Å². The van der Waals surface area contributed by atoms with Gasteiger partial charge in [-0.2, -0.15) is 0 Å². The van der Waals surface area contributed by atoms with Gasteiger partial charge in [0.15, 0.2) is 0 Å². The molecule has 1 fully saturated rings. The molecule has 2 rings (SSSR count). The maximum absolute atomic E-state index is 12.4. The molecular formula is C23H35NO2. The third-order valence-electron chi connectivity index (χ3n) is 5.38. The number of rotatable bonds is 9. The van der Waals surface area contributed by atoms with Crippen LogP contribution in [0.4, 0.5) is 4.79 Å². The number of ether oxygens (including phenoxy) is 1. The molecular weight excluding hydrogens is 322 g/mol. The number of unbranched alkanes of at least 4 members (excludes halogenated alkanes) is 3. The van der Waals surface area contributed by atoms with Crippen LogP contribution in [0.1, 0.15) is 76.7 Å². The minimum absolute atomic E-state index is 0.268. The van der Waals surface area contributed by atoms with Crippen molar-refractivity contribution in [1.29, 1.82) is 0 Å². The van der Waals surface area contributed by atoms with E-state index in [0.717, 1.165) is 12.0 Å². The first-order valence-corrected chi connectivity index (χ1v) is 10.3. The number of hydrogen-bond donors (Lipinski definition) is 0. The van der Waals surface area contributed by atoms with Crippen LogP contribution in [0, 0.1) is 5.92 Å². The number of methoxy groups -OCH3 is 1. The molecule has 3 heteroatoms. The van der Waals surface area contributed by atoms with Crippen LogP contribution in [0.5, 0.6) is 0 Å². The molecule has 1 amide bonds. The minimum atomic E-state index is -0.268. The Morgan fingerprint density at radius 2 is 1.85 bits per heavy atom. The molecule has 1 saturated carbocycles. The Bertz CT molecular complexity index is 547. The van der Waals surface area contributed by atoms with Gasteiger partial charge in [-0.15, -0.1) is 0 Å². The molecule has 144 valence electrons. The molecule has 26 heavy (non-hydrogen) atoms. The molecule has 0 N–H and O–H groups in total. The summed E-state index contributed by atoms with van der Waals surface area (Å²) in [5, 5.41) is 0. The first-order chi connectivity index (χ1) is 12.7. The van der Waals surface area contributed by atoms with E-state index in [2.05, 4.69) is 25.3 Å². The van der Waals surface area contributed by atoms with Crippen LogP contribution in [0.3, 0.4) is 0 Å². The first kappa shape index (κ1) is 20.5. The zero-order chi connectivity index (χ0) is 18.6. The van der Waals surface area contributed by atoms with Gasteiger partial charge in [0.1, 0.15) is 0 Å². The molecule has 0 aromatic heterocycles. The van der Waals surface area contributed by atoms with Gasteiger partial charge in [-0.25, -0.2) is 4.79 Å². The second-order valence-corrected chi connectivity index (χ2v) is 7.43. The maximum Gasteiger partial charge on any atom is 0.413 e. The Morgan fingerprint density at radius 1 is 1.12 bits per heavy atom. The summed E-state index contributed by atoms with van der Waals surface area (Å²) in [6.07, 6.45) is 14.5. The highest BCUT2D eigenvalue weighted by molar-refractivity contribution is 5.68. The van der Waals surface area contributed by atoms with Gasteiger partial charge >= 0.3 is 6.09 Å². The molecule has 0 radical (unpaired) electrons. The first-order valence-electron chi connectivity index (χ1n) is 10.3. The molecule has 0 unspecified atom stereocenters. The van der Waals surface area contributed by atoms with Crippen LogP contribution in [-0.4, -0.2) is 18.1 Å². The van der Waals surface area contributed by atoms with Crippen molar-refractivity contribution in [3.63, 3.8) is 0 Å². The molecule has 0 atom stereocenters. The largest absolute Gasteiger partial charge is 0.452 e. The summed E-state index contributed by atoms with van der Waals surface area (Å²) in [5.74, 6) is 0.633. The van der Waals surface area contributed by atoms with Crippen molar-refractivity contribution in [2.75, 3.05) is 7.11 Å². The van der Waals surface area contributed by atoms with Crippen molar-refractivity contribution >= 4 is 6.09 Å². The highest BCUT2D eigenvalue weighted by Gasteiger charge is 2.20. The topological polar surface area (TPSA) is 29.5 Å². The van der Waals surface area contributed by atoms with E-state index in [1.165, 1.54) is 70.5 Å². The van der Waals surface area contributed by atoms with Crippen molar-refractivity contribution in [1.82, 2.24) is 4.90 Å². The van der Waals surface area contributed by atoms with E-state index >= 15 is 0 Å². The monoisotopic (exact) mass is 357 g/mol. The van der Waals surface area contributed by atoms with Crippen molar-refractivity contribution in [2.24, 2.45) is 5.92 Å². The average molecular weight is 358 g/mol. The number of amides is 1. The number of allylic oxidation sites excluding steroid dienone is 1. The third kappa shape index (κ3) is 6.86. The molecule has 0 bridgehead atoms. The predicted octanol–water partition coefficient (Wildman–Crippen LogP) is 6.69. The molecule has 1 aliphatic rings. The van der Waals surface area contributed by atoms with E-state index in [4.69, 9.17) is 4.74 Å². The lowest BCUT2D eigenvalue weighted by atomic mass is 9.82. The highest BCUT2D eigenvalue weighted by atomic mass is 16.5. The van der Waals surface area contributed by atoms with Crippen molar-refractivity contribution in [3.8, 4) is 0 Å². The molecule has 1 aliphatic carbocycles. The second-order valence-electron chi connectivity index (χ2n) is 7.43. The van der Waals surface area contributed by atoms with Gasteiger partial charge < -0.3 is 4.74 Å². The molecule has 0 aliphatic heterocycles. The second kappa shape index (κ2) is 11.8. The van der Waals surface area contributed by atoms with Gasteiger partial charge in [-0.05, 0) is 37.2 Å². The standard InChI is InChI=1S/C23H35NO2/c1-3-4-5-10-17-22(21-15-11-7-12-16-21)19-24(23(25)26-2)18-20-13-8-6-9-14-20/h6,8-9,13-14,19,21H,3-5,7,10-12,15-18H2,1-2H3/b22-19+. The van der Waals surface area contributed by atoms with Gasteiger partial charge in [-0.1, -0.05) is 81.4 Å². The molecule has 3 nitrogen and oxygen atoms in total. The summed E-state index contributed by atoms with van der Waals surface area (Å²) in [5.41, 5.74) is 2.57. The molecule has 0 saturated heterocycles. The summed E-state index contributed by atoms with van der Waals surface area (Å²) in [6, 6.07) is 10.2. The van der Waals surface area contributed by atoms with Crippen LogP contribution in [0.25, 0.3) is 0 Å². The van der Waals surface area contributed by atoms with Gasteiger partial charge in [-0.3, -0.25) is 4.90 Å². The molecule has 1 aromatic carbocycles. The number of carbonyl (C=O) groups excluding carboxylic acids is 1. The lowest BCUT2D eigenvalue weighted by molar-refractivity contribution is 0.137. The zero-order valence-electron chi connectivity index (χ0n) is 16.6. The lowest BCUT2D eigenvalue weighted by Crippen LogP contribution is -2.26. The Labute approximate surface area is 159 Å². The van der Waals surface area contributed by atoms with Gasteiger partial charge in [0.05, 0.1) is 13.7 Å². The van der Waals surface area contributed by atoms with Gasteiger partial charge in [0.25, 0.3) is 0 Å². The fourth-order valence-corrected chi connectivity index (χ4v) is 3.86. The number of nitrogens with zero attached hydrogens (tertiary/aromatic N) is 1. The smallest absolute Gasteiger partial charge is 0.413 e. The van der Waals surface area contributed by atoms with Crippen LogP contribution >= 0.6 is 0 Å². The predicted molar refractivity (Wildman–Crippen MR) is 108 cm³/mol. The minimum Gasteiger partial charge on any atom is -0.452 e. The number of hydrogen-bond acceptors (Lipinski definition) is 2. The summed E-state index contributed by atoms with van der Waals surface area (Å²) < 4.78 is 5.06. The Balaban J connectivity index is 2.14. The quantitative estimate of drug-likeness (QED) is 0.461. The molecule has 0 heterocycles. The average Bonchev–Trinajstić information content (AvgIpc) is 2.70. The van der Waals surface area contributed by atoms with E-state index in [1.807, 2.05) is 18.2 Å². The van der Waals surface area contributed by atoms with Gasteiger partial charge in [0.2, 0.25) is 0 Å². The lowest BCUT2D eigenvalue weighted by Gasteiger charge is -2.27. The highest BCUT2D eigenvalue weighted by Crippen LogP contribution is 2.33. The number of benzene rings is 1. The van der Waals surface area contributed by atoms with Crippen LogP contribution in [0.2, 0.25) is 0 Å². The van der Waals surface area contributed by atoms with Crippen molar-refractivity contribution in [3.05, 3.63) is 47.7 Å². The zero-order valence-corrected chi connectivity index (χ0v) is 16.6. The Kier molecular flexibility index (Phi) is 9.30. The fourth-order valence-electron chi connectivity index (χ4n) is 3.86. The van der Waals surface area contributed by atoms with Crippen molar-refractivity contribution < 1.29 is 9.53 Å².